The second kappa shape index (κ2) is 4.32. The van der Waals surface area contributed by atoms with Gasteiger partial charge in [-0.3, -0.25) is 4.79 Å². The number of hydrogen-bond acceptors (Lipinski definition) is 4. The Balaban J connectivity index is 2.27. The maximum Gasteiger partial charge on any atom is 0.265 e. The molecule has 0 aromatic carbocycles. The van der Waals surface area contributed by atoms with Crippen molar-refractivity contribution >= 4 is 15.9 Å². The van der Waals surface area contributed by atoms with Crippen molar-refractivity contribution in [1.82, 2.24) is 8.87 Å². The molecule has 1 fully saturated rings. The number of aliphatic hydroxyl groups is 1. The number of β-amino-alcohol motifs (C(OH)–C–C–N with tert-alkyl or cyclic N) is 1. The van der Waals surface area contributed by atoms with Crippen molar-refractivity contribution in [2.75, 3.05) is 13.1 Å². The second-order valence-electron chi connectivity index (χ2n) is 4.89. The summed E-state index contributed by atoms with van der Waals surface area (Å²) in [7, 11) is -2.12. The van der Waals surface area contributed by atoms with E-state index in [4.69, 9.17) is 5.73 Å². The van der Waals surface area contributed by atoms with E-state index in [-0.39, 0.29) is 23.7 Å². The molecule has 0 radical (unpaired) electrons. The first-order valence-electron chi connectivity index (χ1n) is 5.88. The van der Waals surface area contributed by atoms with Gasteiger partial charge in [-0.2, -0.15) is 4.31 Å². The zero-order valence-electron chi connectivity index (χ0n) is 10.8. The number of sulfonamides is 1. The van der Waals surface area contributed by atoms with Crippen LogP contribution in [0.3, 0.4) is 0 Å². The Hall–Kier alpha value is -1.38. The van der Waals surface area contributed by atoms with Crippen molar-refractivity contribution in [3.63, 3.8) is 0 Å². The fourth-order valence-corrected chi connectivity index (χ4v) is 3.74. The molecule has 8 heteroatoms. The van der Waals surface area contributed by atoms with Gasteiger partial charge < -0.3 is 15.4 Å². The maximum atomic E-state index is 12.3. The predicted molar refractivity (Wildman–Crippen MR) is 67.9 cm³/mol. The highest BCUT2D eigenvalue weighted by Crippen LogP contribution is 2.30. The molecule has 0 saturated carbocycles. The first-order valence-corrected chi connectivity index (χ1v) is 7.32. The van der Waals surface area contributed by atoms with Crippen LogP contribution in [0.25, 0.3) is 0 Å². The van der Waals surface area contributed by atoms with Gasteiger partial charge in [0.2, 0.25) is 10.0 Å². The Morgan fingerprint density at radius 1 is 1.53 bits per heavy atom. The molecule has 19 heavy (non-hydrogen) atoms. The summed E-state index contributed by atoms with van der Waals surface area (Å²) in [6.07, 6.45) is 1.85. The third kappa shape index (κ3) is 2.26. The molecular weight excluding hydrogens is 270 g/mol. The number of carbonyl (C=O) groups excluding carboxylic acids is 1. The lowest BCUT2D eigenvalue weighted by Gasteiger charge is -2.44. The van der Waals surface area contributed by atoms with Crippen LogP contribution >= 0.6 is 0 Å². The Bertz CT molecular complexity index is 614. The number of carbonyl (C=O) groups is 1. The van der Waals surface area contributed by atoms with E-state index in [9.17, 15) is 18.3 Å². The van der Waals surface area contributed by atoms with Crippen molar-refractivity contribution in [3.8, 4) is 0 Å². The van der Waals surface area contributed by atoms with Gasteiger partial charge in [0.1, 0.15) is 10.6 Å². The number of rotatable bonds is 4. The molecule has 2 rings (SSSR count). The Kier molecular flexibility index (Phi) is 3.20. The van der Waals surface area contributed by atoms with E-state index >= 15 is 0 Å². The summed E-state index contributed by atoms with van der Waals surface area (Å²) in [5, 5.41) is 9.86. The quantitative estimate of drug-likeness (QED) is 0.761. The van der Waals surface area contributed by atoms with Gasteiger partial charge in [-0.05, 0) is 12.5 Å². The topological polar surface area (TPSA) is 106 Å². The molecule has 1 aliphatic heterocycles. The molecule has 3 N–H and O–H groups in total. The van der Waals surface area contributed by atoms with Crippen molar-refractivity contribution in [3.05, 3.63) is 18.0 Å². The van der Waals surface area contributed by atoms with Gasteiger partial charge in [-0.15, -0.1) is 0 Å². The summed E-state index contributed by atoms with van der Waals surface area (Å²) >= 11 is 0. The van der Waals surface area contributed by atoms with Crippen LogP contribution < -0.4 is 5.73 Å². The van der Waals surface area contributed by atoms with Crippen molar-refractivity contribution in [2.45, 2.75) is 23.8 Å². The van der Waals surface area contributed by atoms with Crippen LogP contribution in [0.1, 0.15) is 23.8 Å². The largest absolute Gasteiger partial charge is 0.387 e. The third-order valence-corrected chi connectivity index (χ3v) is 5.23. The van der Waals surface area contributed by atoms with Crippen LogP contribution in [0.5, 0.6) is 0 Å². The minimum absolute atomic E-state index is 0.0157. The van der Waals surface area contributed by atoms with Gasteiger partial charge in [-0.1, -0.05) is 6.92 Å². The van der Waals surface area contributed by atoms with E-state index in [0.29, 0.717) is 6.42 Å². The molecule has 1 aliphatic rings. The molecule has 0 aliphatic carbocycles. The highest BCUT2D eigenvalue weighted by Gasteiger charge is 2.46. The zero-order chi connectivity index (χ0) is 14.4. The number of hydrogen-bond donors (Lipinski definition) is 2. The van der Waals surface area contributed by atoms with Gasteiger partial charge >= 0.3 is 0 Å². The first-order chi connectivity index (χ1) is 8.69. The average molecular weight is 287 g/mol. The molecule has 2 heterocycles. The fraction of sp³-hybridized carbons (Fsp3) is 0.545. The van der Waals surface area contributed by atoms with Crippen molar-refractivity contribution in [2.24, 2.45) is 12.8 Å². The molecule has 0 atom stereocenters. The third-order valence-electron chi connectivity index (χ3n) is 3.47. The smallest absolute Gasteiger partial charge is 0.265 e. The number of primary amides is 1. The highest BCUT2D eigenvalue weighted by molar-refractivity contribution is 7.89. The molecule has 1 aromatic heterocycles. The number of aryl methyl sites for hydroxylation is 1. The summed E-state index contributed by atoms with van der Waals surface area (Å²) < 4.78 is 27.1. The number of amides is 1. The number of aromatic nitrogens is 1. The lowest BCUT2D eigenvalue weighted by molar-refractivity contribution is -0.0613. The highest BCUT2D eigenvalue weighted by atomic mass is 32.2. The molecule has 0 bridgehead atoms. The number of nitrogens with two attached hydrogens (primary N) is 1. The van der Waals surface area contributed by atoms with Gasteiger partial charge in [0.25, 0.3) is 5.91 Å². The van der Waals surface area contributed by atoms with Gasteiger partial charge in [0.05, 0.1) is 5.60 Å². The van der Waals surface area contributed by atoms with E-state index in [1.165, 1.54) is 21.1 Å². The van der Waals surface area contributed by atoms with Gasteiger partial charge in [0.15, 0.2) is 0 Å². The van der Waals surface area contributed by atoms with Crippen molar-refractivity contribution < 1.29 is 18.3 Å². The van der Waals surface area contributed by atoms with Gasteiger partial charge in [0, 0.05) is 26.3 Å². The summed E-state index contributed by atoms with van der Waals surface area (Å²) in [5.41, 5.74) is 4.34. The van der Waals surface area contributed by atoms with E-state index in [1.807, 2.05) is 0 Å². The Morgan fingerprint density at radius 2 is 2.11 bits per heavy atom. The molecule has 106 valence electrons. The lowest BCUT2D eigenvalue weighted by atomic mass is 9.94. The molecule has 0 spiro atoms. The molecular formula is C11H17N3O4S. The second-order valence-corrected chi connectivity index (χ2v) is 6.83. The standard InChI is InChI=1S/C11H17N3O4S/c1-3-11(16)6-14(7-11)19(17,18)8-4-9(10(12)15)13(2)5-8/h4-5,16H,3,6-7H2,1-2H3,(H2,12,15). The SMILES string of the molecule is CCC1(O)CN(S(=O)(=O)c2cc(C(N)=O)n(C)c2)C1. The minimum atomic E-state index is -3.67. The van der Waals surface area contributed by atoms with Crippen LogP contribution in [0.15, 0.2) is 17.2 Å². The minimum Gasteiger partial charge on any atom is -0.387 e. The van der Waals surface area contributed by atoms with E-state index in [0.717, 1.165) is 0 Å². The van der Waals surface area contributed by atoms with Crippen LogP contribution in [-0.2, 0) is 17.1 Å². The molecule has 1 amide bonds. The molecule has 1 aromatic rings. The van der Waals surface area contributed by atoms with E-state index in [1.54, 1.807) is 14.0 Å². The number of nitrogens with zero attached hydrogens (tertiary/aromatic N) is 2. The molecule has 1 saturated heterocycles. The Morgan fingerprint density at radius 3 is 2.53 bits per heavy atom. The fourth-order valence-electron chi connectivity index (χ4n) is 2.07. The van der Waals surface area contributed by atoms with E-state index in [2.05, 4.69) is 0 Å². The monoisotopic (exact) mass is 287 g/mol. The predicted octanol–water partition coefficient (Wildman–Crippen LogP) is -0.731. The summed E-state index contributed by atoms with van der Waals surface area (Å²) in [6, 6.07) is 1.25. The van der Waals surface area contributed by atoms with Crippen LogP contribution in [0.2, 0.25) is 0 Å². The first kappa shape index (κ1) is 14.0. The van der Waals surface area contributed by atoms with Crippen LogP contribution in [0.4, 0.5) is 0 Å². The average Bonchev–Trinajstić information content (AvgIpc) is 2.67. The maximum absolute atomic E-state index is 12.3. The van der Waals surface area contributed by atoms with E-state index < -0.39 is 21.5 Å². The summed E-state index contributed by atoms with van der Waals surface area (Å²) in [6.45, 7) is 1.96. The summed E-state index contributed by atoms with van der Waals surface area (Å²) in [5.74, 6) is -0.683. The Labute approximate surface area is 111 Å². The zero-order valence-corrected chi connectivity index (χ0v) is 11.6. The van der Waals surface area contributed by atoms with Gasteiger partial charge in [-0.25, -0.2) is 8.42 Å². The molecule has 7 nitrogen and oxygen atoms in total. The molecule has 0 unspecified atom stereocenters. The van der Waals surface area contributed by atoms with Crippen molar-refractivity contribution in [1.29, 1.82) is 0 Å². The van der Waals surface area contributed by atoms with Crippen LogP contribution in [0, 0.1) is 0 Å². The summed E-state index contributed by atoms with van der Waals surface area (Å²) in [4.78, 5) is 11.1. The normalized spacial score (nSPS) is 19.1. The van der Waals surface area contributed by atoms with Crippen LogP contribution in [-0.4, -0.2) is 47.0 Å². The lowest BCUT2D eigenvalue weighted by Crippen LogP contribution is -2.62.